The van der Waals surface area contributed by atoms with Crippen molar-refractivity contribution in [2.24, 2.45) is 0 Å². The molecule has 0 atom stereocenters. The summed E-state index contributed by atoms with van der Waals surface area (Å²) in [7, 11) is 0. The van der Waals surface area contributed by atoms with Crippen molar-refractivity contribution in [1.82, 2.24) is 10.3 Å². The molecule has 1 heterocycles. The Hall–Kier alpha value is -2.99. The normalized spacial score (nSPS) is 10.9. The predicted octanol–water partition coefficient (Wildman–Crippen LogP) is 4.50. The lowest BCUT2D eigenvalue weighted by atomic mass is 10.2. The van der Waals surface area contributed by atoms with Crippen LogP contribution in [0.15, 0.2) is 60.0 Å². The molecule has 0 unspecified atom stereocenters. The van der Waals surface area contributed by atoms with Gasteiger partial charge in [-0.25, -0.2) is 9.37 Å². The van der Waals surface area contributed by atoms with Crippen LogP contribution in [0.1, 0.15) is 21.8 Å². The Morgan fingerprint density at radius 1 is 1.22 bits per heavy atom. The molecular weight excluding hydrogens is 363 g/mol. The van der Waals surface area contributed by atoms with Gasteiger partial charge >= 0.3 is 0 Å². The molecule has 0 aliphatic carbocycles. The summed E-state index contributed by atoms with van der Waals surface area (Å²) in [6.07, 6.45) is 3.09. The first kappa shape index (κ1) is 18.8. The third-order valence-electron chi connectivity index (χ3n) is 3.79. The number of nitrogens with one attached hydrogen (secondary N) is 1. The highest BCUT2D eigenvalue weighted by atomic mass is 32.1. The first-order valence-electron chi connectivity index (χ1n) is 8.44. The van der Waals surface area contributed by atoms with E-state index in [1.807, 2.05) is 36.6 Å². The minimum atomic E-state index is -0.335. The van der Waals surface area contributed by atoms with Crippen molar-refractivity contribution in [2.45, 2.75) is 20.1 Å². The summed E-state index contributed by atoms with van der Waals surface area (Å²) in [6, 6.07) is 13.8. The van der Waals surface area contributed by atoms with E-state index in [2.05, 4.69) is 10.3 Å². The molecule has 0 radical (unpaired) electrons. The van der Waals surface area contributed by atoms with Gasteiger partial charge in [-0.1, -0.05) is 36.4 Å². The van der Waals surface area contributed by atoms with E-state index in [0.717, 1.165) is 16.3 Å². The molecule has 0 saturated heterocycles. The second kappa shape index (κ2) is 9.09. The fourth-order valence-electron chi connectivity index (χ4n) is 2.42. The van der Waals surface area contributed by atoms with Gasteiger partial charge in [0.05, 0.1) is 10.7 Å². The number of aromatic nitrogens is 1. The Morgan fingerprint density at radius 2 is 2.00 bits per heavy atom. The largest absolute Gasteiger partial charge is 0.487 e. The summed E-state index contributed by atoms with van der Waals surface area (Å²) in [5.74, 6) is 0.0299. The number of nitrogens with zero attached hydrogens (tertiary/aromatic N) is 1. The van der Waals surface area contributed by atoms with E-state index in [0.29, 0.717) is 17.9 Å². The molecule has 0 fully saturated rings. The zero-order chi connectivity index (χ0) is 19.1. The number of hydrogen-bond donors (Lipinski definition) is 1. The number of para-hydroxylation sites is 1. The van der Waals surface area contributed by atoms with Gasteiger partial charge in [0.15, 0.2) is 0 Å². The fraction of sp³-hybridized carbons (Fsp3) is 0.143. The highest BCUT2D eigenvalue weighted by Crippen LogP contribution is 2.21. The Bertz CT molecular complexity index is 953. The van der Waals surface area contributed by atoms with E-state index in [9.17, 15) is 9.18 Å². The molecule has 0 bridgehead atoms. The van der Waals surface area contributed by atoms with Gasteiger partial charge in [-0.15, -0.1) is 11.3 Å². The molecular formula is C21H19FN2O2S. The predicted molar refractivity (Wildman–Crippen MR) is 105 cm³/mol. The molecule has 27 heavy (non-hydrogen) atoms. The maximum Gasteiger partial charge on any atom is 0.244 e. The van der Waals surface area contributed by atoms with Crippen LogP contribution in [-0.2, 0) is 17.9 Å². The molecule has 0 spiro atoms. The van der Waals surface area contributed by atoms with Crippen LogP contribution in [0.5, 0.6) is 5.75 Å². The van der Waals surface area contributed by atoms with Gasteiger partial charge in [-0.2, -0.15) is 0 Å². The van der Waals surface area contributed by atoms with Crippen molar-refractivity contribution in [3.63, 3.8) is 0 Å². The average molecular weight is 382 g/mol. The molecule has 138 valence electrons. The molecule has 1 aromatic heterocycles. The van der Waals surface area contributed by atoms with Gasteiger partial charge in [0.2, 0.25) is 5.91 Å². The van der Waals surface area contributed by atoms with E-state index in [4.69, 9.17) is 4.74 Å². The van der Waals surface area contributed by atoms with Crippen molar-refractivity contribution < 1.29 is 13.9 Å². The van der Waals surface area contributed by atoms with E-state index >= 15 is 0 Å². The zero-order valence-electron chi connectivity index (χ0n) is 14.8. The number of halogens is 1. The van der Waals surface area contributed by atoms with Gasteiger partial charge in [-0.05, 0) is 25.1 Å². The number of amides is 1. The number of hydrogen-bond acceptors (Lipinski definition) is 4. The molecule has 0 aliphatic heterocycles. The van der Waals surface area contributed by atoms with Crippen LogP contribution in [0.4, 0.5) is 4.39 Å². The molecule has 1 amide bonds. The SMILES string of the molecule is Cc1nc(COc2ccccc2/C=C/C(=O)NCc2ccccc2F)cs1. The Labute approximate surface area is 161 Å². The van der Waals surface area contributed by atoms with Crippen LogP contribution in [0.3, 0.4) is 0 Å². The quantitative estimate of drug-likeness (QED) is 0.612. The van der Waals surface area contributed by atoms with Crippen molar-refractivity contribution in [1.29, 1.82) is 0 Å². The van der Waals surface area contributed by atoms with Crippen LogP contribution < -0.4 is 10.1 Å². The number of benzene rings is 2. The maximum absolute atomic E-state index is 13.6. The number of aryl methyl sites for hydroxylation is 1. The Morgan fingerprint density at radius 3 is 2.78 bits per heavy atom. The summed E-state index contributed by atoms with van der Waals surface area (Å²) in [5, 5.41) is 5.63. The highest BCUT2D eigenvalue weighted by molar-refractivity contribution is 7.09. The van der Waals surface area contributed by atoms with Crippen molar-refractivity contribution in [3.05, 3.63) is 87.6 Å². The van der Waals surface area contributed by atoms with Gasteiger partial charge in [0.25, 0.3) is 0 Å². The van der Waals surface area contributed by atoms with Gasteiger partial charge in [0, 0.05) is 29.1 Å². The lowest BCUT2D eigenvalue weighted by Crippen LogP contribution is -2.20. The molecule has 0 aliphatic rings. The lowest BCUT2D eigenvalue weighted by Gasteiger charge is -2.08. The highest BCUT2D eigenvalue weighted by Gasteiger charge is 2.05. The average Bonchev–Trinajstić information content (AvgIpc) is 3.10. The molecule has 1 N–H and O–H groups in total. The van der Waals surface area contributed by atoms with Gasteiger partial charge < -0.3 is 10.1 Å². The molecule has 0 saturated carbocycles. The van der Waals surface area contributed by atoms with Gasteiger partial charge in [-0.3, -0.25) is 4.79 Å². The molecule has 3 rings (SSSR count). The number of thiazole rings is 1. The number of rotatable bonds is 7. The molecule has 4 nitrogen and oxygen atoms in total. The second-order valence-electron chi connectivity index (χ2n) is 5.83. The Kier molecular flexibility index (Phi) is 6.33. The first-order chi connectivity index (χ1) is 13.1. The monoisotopic (exact) mass is 382 g/mol. The van der Waals surface area contributed by atoms with E-state index in [1.54, 1.807) is 35.6 Å². The number of carbonyl (C=O) groups excluding carboxylic acids is 1. The van der Waals surface area contributed by atoms with Crippen LogP contribution in [0, 0.1) is 12.7 Å². The second-order valence-corrected chi connectivity index (χ2v) is 6.89. The van der Waals surface area contributed by atoms with Crippen LogP contribution >= 0.6 is 11.3 Å². The van der Waals surface area contributed by atoms with E-state index < -0.39 is 0 Å². The third kappa shape index (κ3) is 5.49. The minimum absolute atomic E-state index is 0.136. The maximum atomic E-state index is 13.6. The standard InChI is InChI=1S/C21H19FN2O2S/c1-15-24-18(14-27-15)13-26-20-9-5-3-6-16(20)10-11-21(25)23-12-17-7-2-4-8-19(17)22/h2-11,14H,12-13H2,1H3,(H,23,25)/b11-10+. The number of ether oxygens (including phenoxy) is 1. The molecule has 6 heteroatoms. The van der Waals surface area contributed by atoms with Crippen LogP contribution in [-0.4, -0.2) is 10.9 Å². The third-order valence-corrected chi connectivity index (χ3v) is 4.61. The van der Waals surface area contributed by atoms with E-state index in [-0.39, 0.29) is 18.3 Å². The molecule has 3 aromatic rings. The Balaban J connectivity index is 1.59. The first-order valence-corrected chi connectivity index (χ1v) is 9.32. The van der Waals surface area contributed by atoms with Crippen LogP contribution in [0.25, 0.3) is 6.08 Å². The molecule has 2 aromatic carbocycles. The number of carbonyl (C=O) groups is 1. The zero-order valence-corrected chi connectivity index (χ0v) is 15.6. The summed E-state index contributed by atoms with van der Waals surface area (Å²) in [6.45, 7) is 2.45. The summed E-state index contributed by atoms with van der Waals surface area (Å²) >= 11 is 1.58. The van der Waals surface area contributed by atoms with Gasteiger partial charge in [0.1, 0.15) is 18.2 Å². The van der Waals surface area contributed by atoms with Crippen LogP contribution in [0.2, 0.25) is 0 Å². The fourth-order valence-corrected chi connectivity index (χ4v) is 3.02. The lowest BCUT2D eigenvalue weighted by molar-refractivity contribution is -0.116. The van der Waals surface area contributed by atoms with Crippen molar-refractivity contribution in [3.8, 4) is 5.75 Å². The summed E-state index contributed by atoms with van der Waals surface area (Å²) in [5.41, 5.74) is 2.10. The van der Waals surface area contributed by atoms with E-state index in [1.165, 1.54) is 12.1 Å². The minimum Gasteiger partial charge on any atom is -0.487 e. The summed E-state index contributed by atoms with van der Waals surface area (Å²) in [4.78, 5) is 16.4. The smallest absolute Gasteiger partial charge is 0.244 e. The topological polar surface area (TPSA) is 51.2 Å². The summed E-state index contributed by atoms with van der Waals surface area (Å²) < 4.78 is 19.4. The van der Waals surface area contributed by atoms with Crippen molar-refractivity contribution in [2.75, 3.05) is 0 Å². The van der Waals surface area contributed by atoms with Crippen molar-refractivity contribution >= 4 is 23.3 Å².